The molecular weight excluding hydrogens is 288 g/mol. The van der Waals surface area contributed by atoms with E-state index >= 15 is 0 Å². The molecule has 2 aromatic rings. The first-order valence-corrected chi connectivity index (χ1v) is 5.42. The van der Waals surface area contributed by atoms with Crippen LogP contribution in [0.1, 0.15) is 10.4 Å². The number of halogens is 1. The van der Waals surface area contributed by atoms with Crippen molar-refractivity contribution in [3.63, 3.8) is 0 Å². The number of aromatic carboxylic acids is 1. The van der Waals surface area contributed by atoms with Gasteiger partial charge in [0.1, 0.15) is 5.75 Å². The number of pyridine rings is 2. The molecule has 0 amide bonds. The SMILES string of the molecule is O=C(O)c1ccnc(Oc2cncc(Br)c2)c1. The molecular formula is C11H7BrN2O3. The Kier molecular flexibility index (Phi) is 3.34. The molecule has 2 aromatic heterocycles. The lowest BCUT2D eigenvalue weighted by Crippen LogP contribution is -1.97. The first-order valence-electron chi connectivity index (χ1n) is 4.63. The number of carboxylic acid groups (broad SMARTS) is 1. The van der Waals surface area contributed by atoms with Gasteiger partial charge in [0.2, 0.25) is 5.88 Å². The van der Waals surface area contributed by atoms with Crippen LogP contribution in [0, 0.1) is 0 Å². The lowest BCUT2D eigenvalue weighted by atomic mass is 10.3. The Balaban J connectivity index is 2.24. The van der Waals surface area contributed by atoms with Gasteiger partial charge in [-0.05, 0) is 28.1 Å². The smallest absolute Gasteiger partial charge is 0.335 e. The van der Waals surface area contributed by atoms with Crippen molar-refractivity contribution in [1.29, 1.82) is 0 Å². The van der Waals surface area contributed by atoms with Crippen LogP contribution in [0.15, 0.2) is 41.3 Å². The molecule has 17 heavy (non-hydrogen) atoms. The summed E-state index contributed by atoms with van der Waals surface area (Å²) < 4.78 is 6.15. The number of hydrogen-bond donors (Lipinski definition) is 1. The van der Waals surface area contributed by atoms with E-state index < -0.39 is 5.97 Å². The second kappa shape index (κ2) is 4.92. The number of ether oxygens (including phenoxy) is 1. The van der Waals surface area contributed by atoms with Gasteiger partial charge in [0.25, 0.3) is 0 Å². The second-order valence-corrected chi connectivity index (χ2v) is 4.04. The quantitative estimate of drug-likeness (QED) is 0.942. The molecule has 0 aromatic carbocycles. The second-order valence-electron chi connectivity index (χ2n) is 3.13. The van der Waals surface area contributed by atoms with Crippen molar-refractivity contribution in [2.75, 3.05) is 0 Å². The fourth-order valence-electron chi connectivity index (χ4n) is 1.17. The highest BCUT2D eigenvalue weighted by Crippen LogP contribution is 2.22. The van der Waals surface area contributed by atoms with E-state index in [1.807, 2.05) is 0 Å². The third kappa shape index (κ3) is 3.01. The van der Waals surface area contributed by atoms with Crippen molar-refractivity contribution < 1.29 is 14.6 Å². The van der Waals surface area contributed by atoms with Crippen LogP contribution in [-0.2, 0) is 0 Å². The monoisotopic (exact) mass is 294 g/mol. The molecule has 0 atom stereocenters. The van der Waals surface area contributed by atoms with Crippen molar-refractivity contribution in [1.82, 2.24) is 9.97 Å². The van der Waals surface area contributed by atoms with Crippen molar-refractivity contribution in [2.45, 2.75) is 0 Å². The van der Waals surface area contributed by atoms with Crippen LogP contribution in [0.5, 0.6) is 11.6 Å². The largest absolute Gasteiger partial charge is 0.478 e. The Morgan fingerprint density at radius 2 is 2.18 bits per heavy atom. The van der Waals surface area contributed by atoms with Crippen LogP contribution in [0.2, 0.25) is 0 Å². The third-order valence-corrected chi connectivity index (χ3v) is 2.32. The highest BCUT2D eigenvalue weighted by Gasteiger charge is 2.06. The molecule has 2 rings (SSSR count). The van der Waals surface area contributed by atoms with Crippen molar-refractivity contribution in [3.8, 4) is 11.6 Å². The van der Waals surface area contributed by atoms with Gasteiger partial charge in [0.05, 0.1) is 11.8 Å². The summed E-state index contributed by atoms with van der Waals surface area (Å²) in [5.41, 5.74) is 0.123. The maximum Gasteiger partial charge on any atom is 0.335 e. The minimum absolute atomic E-state index is 0.123. The number of carboxylic acids is 1. The molecule has 0 fully saturated rings. The minimum Gasteiger partial charge on any atom is -0.478 e. The number of hydrogen-bond acceptors (Lipinski definition) is 4. The lowest BCUT2D eigenvalue weighted by molar-refractivity contribution is 0.0696. The minimum atomic E-state index is -1.02. The van der Waals surface area contributed by atoms with Gasteiger partial charge in [-0.25, -0.2) is 9.78 Å². The van der Waals surface area contributed by atoms with Crippen LogP contribution >= 0.6 is 15.9 Å². The summed E-state index contributed by atoms with van der Waals surface area (Å²) in [7, 11) is 0. The van der Waals surface area contributed by atoms with Crippen LogP contribution in [-0.4, -0.2) is 21.0 Å². The van der Waals surface area contributed by atoms with E-state index in [2.05, 4.69) is 25.9 Å². The van der Waals surface area contributed by atoms with E-state index in [0.717, 1.165) is 4.47 Å². The molecule has 0 radical (unpaired) electrons. The molecule has 0 aliphatic rings. The summed E-state index contributed by atoms with van der Waals surface area (Å²) in [5.74, 6) is -0.330. The van der Waals surface area contributed by atoms with E-state index in [9.17, 15) is 4.79 Å². The molecule has 0 aliphatic heterocycles. The van der Waals surface area contributed by atoms with Gasteiger partial charge in [-0.2, -0.15) is 0 Å². The zero-order valence-corrected chi connectivity index (χ0v) is 10.1. The van der Waals surface area contributed by atoms with Gasteiger partial charge < -0.3 is 9.84 Å². The standard InChI is InChI=1S/C11H7BrN2O3/c12-8-4-9(6-13-5-8)17-10-3-7(11(15)16)1-2-14-10/h1-6H,(H,15,16). The van der Waals surface area contributed by atoms with Crippen molar-refractivity contribution >= 4 is 21.9 Å². The average molecular weight is 295 g/mol. The van der Waals surface area contributed by atoms with Gasteiger partial charge in [-0.3, -0.25) is 4.98 Å². The van der Waals surface area contributed by atoms with E-state index in [0.29, 0.717) is 5.75 Å². The molecule has 0 bridgehead atoms. The van der Waals surface area contributed by atoms with E-state index in [1.165, 1.54) is 24.5 Å². The van der Waals surface area contributed by atoms with Crippen LogP contribution in [0.25, 0.3) is 0 Å². The first kappa shape index (κ1) is 11.5. The molecule has 0 spiro atoms. The summed E-state index contributed by atoms with van der Waals surface area (Å²) in [5, 5.41) is 8.82. The average Bonchev–Trinajstić information content (AvgIpc) is 2.29. The molecule has 0 saturated heterocycles. The summed E-state index contributed by atoms with van der Waals surface area (Å²) in [6, 6.07) is 4.46. The molecule has 1 N–H and O–H groups in total. The van der Waals surface area contributed by atoms with Crippen molar-refractivity contribution in [2.24, 2.45) is 0 Å². The number of aromatic nitrogens is 2. The molecule has 0 saturated carbocycles. The maximum atomic E-state index is 10.8. The zero-order valence-electron chi connectivity index (χ0n) is 8.50. The number of carbonyl (C=O) groups is 1. The van der Waals surface area contributed by atoms with Gasteiger partial charge in [-0.15, -0.1) is 0 Å². The van der Waals surface area contributed by atoms with Gasteiger partial charge in [0.15, 0.2) is 0 Å². The highest BCUT2D eigenvalue weighted by molar-refractivity contribution is 9.10. The van der Waals surface area contributed by atoms with Gasteiger partial charge in [-0.1, -0.05) is 0 Å². The van der Waals surface area contributed by atoms with E-state index in [-0.39, 0.29) is 11.4 Å². The molecule has 5 nitrogen and oxygen atoms in total. The van der Waals surface area contributed by atoms with Crippen LogP contribution in [0.4, 0.5) is 0 Å². The lowest BCUT2D eigenvalue weighted by Gasteiger charge is -2.04. The molecule has 86 valence electrons. The fourth-order valence-corrected chi connectivity index (χ4v) is 1.51. The predicted octanol–water partition coefficient (Wildman–Crippen LogP) is 2.73. The Hall–Kier alpha value is -1.95. The Morgan fingerprint density at radius 3 is 2.88 bits per heavy atom. The molecule has 2 heterocycles. The Morgan fingerprint density at radius 1 is 1.35 bits per heavy atom. The Bertz CT molecular complexity index is 560. The first-order chi connectivity index (χ1) is 8.15. The normalized spacial score (nSPS) is 9.94. The van der Waals surface area contributed by atoms with Crippen molar-refractivity contribution in [3.05, 3.63) is 46.8 Å². The summed E-state index contributed by atoms with van der Waals surface area (Å²) in [6.07, 6.45) is 4.51. The molecule has 0 aliphatic carbocycles. The summed E-state index contributed by atoms with van der Waals surface area (Å²) in [6.45, 7) is 0. The maximum absolute atomic E-state index is 10.8. The summed E-state index contributed by atoms with van der Waals surface area (Å²) in [4.78, 5) is 18.6. The molecule has 6 heteroatoms. The predicted molar refractivity (Wildman–Crippen MR) is 63.2 cm³/mol. The zero-order chi connectivity index (χ0) is 12.3. The number of nitrogens with zero attached hydrogens (tertiary/aromatic N) is 2. The van der Waals surface area contributed by atoms with Crippen LogP contribution < -0.4 is 4.74 Å². The fraction of sp³-hybridized carbons (Fsp3) is 0. The highest BCUT2D eigenvalue weighted by atomic mass is 79.9. The third-order valence-electron chi connectivity index (χ3n) is 1.88. The topological polar surface area (TPSA) is 72.3 Å². The van der Waals surface area contributed by atoms with Crippen LogP contribution in [0.3, 0.4) is 0 Å². The number of rotatable bonds is 3. The molecule has 0 unspecified atom stereocenters. The van der Waals surface area contributed by atoms with Gasteiger partial charge >= 0.3 is 5.97 Å². The van der Waals surface area contributed by atoms with Gasteiger partial charge in [0, 0.05) is 22.9 Å². The van der Waals surface area contributed by atoms with E-state index in [4.69, 9.17) is 9.84 Å². The summed E-state index contributed by atoms with van der Waals surface area (Å²) >= 11 is 3.26. The van der Waals surface area contributed by atoms with E-state index in [1.54, 1.807) is 12.3 Å². The Labute approximate surface area is 105 Å².